The van der Waals surface area contributed by atoms with Crippen molar-refractivity contribution in [3.63, 3.8) is 0 Å². The molecule has 0 fully saturated rings. The molecule has 176 valence electrons. The summed E-state index contributed by atoms with van der Waals surface area (Å²) in [5.41, 5.74) is 2.91. The third-order valence-corrected chi connectivity index (χ3v) is 5.91. The van der Waals surface area contributed by atoms with Gasteiger partial charge in [-0.05, 0) is 68.3 Å². The lowest BCUT2D eigenvalue weighted by atomic mass is 10.2. The number of fused-ring (bicyclic) bond motifs is 1. The molecule has 4 aromatic rings. The lowest BCUT2D eigenvalue weighted by molar-refractivity contribution is -0.123. The summed E-state index contributed by atoms with van der Waals surface area (Å²) in [6.45, 7) is 5.11. The molecule has 0 aliphatic rings. The molecule has 3 aromatic carbocycles. The zero-order valence-corrected chi connectivity index (χ0v) is 20.1. The van der Waals surface area contributed by atoms with Crippen LogP contribution in [-0.2, 0) is 11.3 Å². The van der Waals surface area contributed by atoms with Crippen LogP contribution in [0.2, 0.25) is 5.02 Å². The second-order valence-corrected chi connectivity index (χ2v) is 8.52. The van der Waals surface area contributed by atoms with Gasteiger partial charge >= 0.3 is 0 Å². The Hall–Kier alpha value is -3.51. The number of rotatable bonds is 10. The fraction of sp³-hybridized carbons (Fsp3) is 0.259. The van der Waals surface area contributed by atoms with Gasteiger partial charge in [-0.15, -0.1) is 0 Å². The molecule has 1 atom stereocenters. The maximum absolute atomic E-state index is 12.5. The zero-order chi connectivity index (χ0) is 23.9. The molecule has 1 heterocycles. The fourth-order valence-corrected chi connectivity index (χ4v) is 3.91. The van der Waals surface area contributed by atoms with E-state index in [1.165, 1.54) is 0 Å². The summed E-state index contributed by atoms with van der Waals surface area (Å²) >= 11 is 6.10. The van der Waals surface area contributed by atoms with E-state index >= 15 is 0 Å². The number of nitrogens with one attached hydrogen (secondary N) is 1. The Morgan fingerprint density at radius 2 is 1.79 bits per heavy atom. The number of imidazole rings is 1. The maximum Gasteiger partial charge on any atom is 0.258 e. The Kier molecular flexibility index (Phi) is 7.70. The van der Waals surface area contributed by atoms with Crippen molar-refractivity contribution in [2.24, 2.45) is 0 Å². The molecule has 0 bridgehead atoms. The van der Waals surface area contributed by atoms with Gasteiger partial charge in [-0.1, -0.05) is 41.9 Å². The Bertz CT molecular complexity index is 1260. The van der Waals surface area contributed by atoms with E-state index in [0.29, 0.717) is 18.9 Å². The lowest BCUT2D eigenvalue weighted by Gasteiger charge is -2.17. The van der Waals surface area contributed by atoms with E-state index in [2.05, 4.69) is 9.88 Å². The monoisotopic (exact) mass is 477 g/mol. The second-order valence-electron chi connectivity index (χ2n) is 8.11. The van der Waals surface area contributed by atoms with Crippen molar-refractivity contribution in [3.05, 3.63) is 89.2 Å². The van der Waals surface area contributed by atoms with Gasteiger partial charge in [-0.2, -0.15) is 0 Å². The van der Waals surface area contributed by atoms with Crippen LogP contribution in [0.25, 0.3) is 11.0 Å². The number of hydrogen-bond donors (Lipinski definition) is 1. The van der Waals surface area contributed by atoms with Crippen LogP contribution in [0.15, 0.2) is 72.8 Å². The van der Waals surface area contributed by atoms with Gasteiger partial charge in [0.1, 0.15) is 17.3 Å². The number of hydrogen-bond acceptors (Lipinski definition) is 4. The van der Waals surface area contributed by atoms with Crippen LogP contribution in [0.5, 0.6) is 11.5 Å². The van der Waals surface area contributed by atoms with E-state index in [1.54, 1.807) is 0 Å². The fourth-order valence-electron chi connectivity index (χ4n) is 3.79. The first-order valence-corrected chi connectivity index (χ1v) is 11.7. The summed E-state index contributed by atoms with van der Waals surface area (Å²) < 4.78 is 13.6. The molecule has 0 aliphatic heterocycles. The average molecular weight is 478 g/mol. The molecule has 0 aliphatic carbocycles. The molecule has 7 heteroatoms. The van der Waals surface area contributed by atoms with Crippen LogP contribution >= 0.6 is 11.6 Å². The number of para-hydroxylation sites is 3. The number of ether oxygens (including phenoxy) is 2. The minimum absolute atomic E-state index is 0.0526. The summed E-state index contributed by atoms with van der Waals surface area (Å²) in [6, 6.07) is 22.7. The van der Waals surface area contributed by atoms with E-state index in [4.69, 9.17) is 26.1 Å². The SMILES string of the molecule is Cc1cc(OCCCn2c(C(C)NC(=O)COc3ccccc3)nc3ccccc32)ccc1Cl. The quantitative estimate of drug-likeness (QED) is 0.296. The van der Waals surface area contributed by atoms with Crippen molar-refractivity contribution in [2.75, 3.05) is 13.2 Å². The van der Waals surface area contributed by atoms with Crippen LogP contribution in [0.1, 0.15) is 30.8 Å². The molecule has 34 heavy (non-hydrogen) atoms. The highest BCUT2D eigenvalue weighted by atomic mass is 35.5. The van der Waals surface area contributed by atoms with Gasteiger partial charge in [-0.25, -0.2) is 4.98 Å². The molecular weight excluding hydrogens is 450 g/mol. The van der Waals surface area contributed by atoms with Crippen LogP contribution in [0, 0.1) is 6.92 Å². The standard InChI is InChI=1S/C27H28ClN3O3/c1-19-17-22(13-14-23(19)28)33-16-8-15-31-25-12-7-6-11-24(25)30-27(31)20(2)29-26(32)18-34-21-9-4-3-5-10-21/h3-7,9-14,17,20H,8,15-16,18H2,1-2H3,(H,29,32). The first kappa shape index (κ1) is 23.6. The number of carbonyl (C=O) groups is 1. The highest BCUT2D eigenvalue weighted by molar-refractivity contribution is 6.31. The summed E-state index contributed by atoms with van der Waals surface area (Å²) in [5.74, 6) is 2.07. The number of halogens is 1. The average Bonchev–Trinajstić information content (AvgIpc) is 3.22. The molecule has 6 nitrogen and oxygen atoms in total. The molecular formula is C27H28ClN3O3. The smallest absolute Gasteiger partial charge is 0.258 e. The highest BCUT2D eigenvalue weighted by Crippen LogP contribution is 2.23. The van der Waals surface area contributed by atoms with Crippen molar-refractivity contribution >= 4 is 28.5 Å². The predicted octanol–water partition coefficient (Wildman–Crippen LogP) is 5.72. The van der Waals surface area contributed by atoms with Gasteiger partial charge in [0.15, 0.2) is 6.61 Å². The van der Waals surface area contributed by atoms with Crippen molar-refractivity contribution < 1.29 is 14.3 Å². The number of benzene rings is 3. The van der Waals surface area contributed by atoms with Gasteiger partial charge < -0.3 is 19.4 Å². The molecule has 0 saturated carbocycles. The van der Waals surface area contributed by atoms with Gasteiger partial charge in [-0.3, -0.25) is 4.79 Å². The summed E-state index contributed by atoms with van der Waals surface area (Å²) in [4.78, 5) is 17.3. The minimum atomic E-state index is -0.279. The number of aryl methyl sites for hydroxylation is 2. The Balaban J connectivity index is 1.39. The third kappa shape index (κ3) is 5.88. The third-order valence-electron chi connectivity index (χ3n) is 5.49. The molecule has 4 rings (SSSR count). The van der Waals surface area contributed by atoms with Crippen LogP contribution in [0.4, 0.5) is 0 Å². The predicted molar refractivity (Wildman–Crippen MR) is 135 cm³/mol. The van der Waals surface area contributed by atoms with Crippen molar-refractivity contribution in [3.8, 4) is 11.5 Å². The van der Waals surface area contributed by atoms with Gasteiger partial charge in [0, 0.05) is 11.6 Å². The summed E-state index contributed by atoms with van der Waals surface area (Å²) in [7, 11) is 0. The molecule has 1 amide bonds. The molecule has 0 saturated heterocycles. The topological polar surface area (TPSA) is 65.4 Å². The number of aromatic nitrogens is 2. The maximum atomic E-state index is 12.5. The van der Waals surface area contributed by atoms with Gasteiger partial charge in [0.2, 0.25) is 0 Å². The Labute approximate surface area is 204 Å². The number of amides is 1. The van der Waals surface area contributed by atoms with E-state index in [-0.39, 0.29) is 18.6 Å². The molecule has 1 aromatic heterocycles. The zero-order valence-electron chi connectivity index (χ0n) is 19.3. The molecule has 0 spiro atoms. The normalized spacial score (nSPS) is 11.9. The van der Waals surface area contributed by atoms with Crippen LogP contribution < -0.4 is 14.8 Å². The van der Waals surface area contributed by atoms with E-state index < -0.39 is 0 Å². The molecule has 1 N–H and O–H groups in total. The summed E-state index contributed by atoms with van der Waals surface area (Å²) in [6.07, 6.45) is 0.785. The van der Waals surface area contributed by atoms with Crippen LogP contribution in [0.3, 0.4) is 0 Å². The van der Waals surface area contributed by atoms with Crippen molar-refractivity contribution in [1.29, 1.82) is 0 Å². The van der Waals surface area contributed by atoms with Crippen molar-refractivity contribution in [1.82, 2.24) is 14.9 Å². The molecule has 1 unspecified atom stereocenters. The summed E-state index contributed by atoms with van der Waals surface area (Å²) in [5, 5.41) is 3.73. The molecule has 0 radical (unpaired) electrons. The first-order chi connectivity index (χ1) is 16.5. The Morgan fingerprint density at radius 1 is 1.03 bits per heavy atom. The minimum Gasteiger partial charge on any atom is -0.494 e. The second kappa shape index (κ2) is 11.1. The first-order valence-electron chi connectivity index (χ1n) is 11.3. The van der Waals surface area contributed by atoms with Gasteiger partial charge in [0.05, 0.1) is 23.7 Å². The largest absolute Gasteiger partial charge is 0.494 e. The number of nitrogens with zero attached hydrogens (tertiary/aromatic N) is 2. The lowest BCUT2D eigenvalue weighted by Crippen LogP contribution is -2.32. The van der Waals surface area contributed by atoms with Crippen LogP contribution in [-0.4, -0.2) is 28.7 Å². The van der Waals surface area contributed by atoms with E-state index in [1.807, 2.05) is 86.6 Å². The van der Waals surface area contributed by atoms with E-state index in [9.17, 15) is 4.79 Å². The van der Waals surface area contributed by atoms with Gasteiger partial charge in [0.25, 0.3) is 5.91 Å². The van der Waals surface area contributed by atoms with Crippen molar-refractivity contribution in [2.45, 2.75) is 32.9 Å². The number of carbonyl (C=O) groups excluding carboxylic acids is 1. The Morgan fingerprint density at radius 3 is 2.59 bits per heavy atom. The van der Waals surface area contributed by atoms with E-state index in [0.717, 1.165) is 39.6 Å². The highest BCUT2D eigenvalue weighted by Gasteiger charge is 2.18.